The SMILES string of the molecule is Cc1nc(-c2nnn(C)c2CC(=O)OC2CC3(CC3)C2)ccc1O[C@H]1CCC[C@H](C(=O)O)C1. The lowest BCUT2D eigenvalue weighted by atomic mass is 9.79. The van der Waals surface area contributed by atoms with Crippen LogP contribution in [0.15, 0.2) is 12.1 Å². The van der Waals surface area contributed by atoms with Crippen LogP contribution in [0.1, 0.15) is 62.8 Å². The molecule has 0 saturated heterocycles. The summed E-state index contributed by atoms with van der Waals surface area (Å²) in [6.07, 6.45) is 7.41. The molecule has 0 aliphatic heterocycles. The van der Waals surface area contributed by atoms with Gasteiger partial charge in [0.15, 0.2) is 0 Å². The Kier molecular flexibility index (Phi) is 5.58. The second-order valence-electron chi connectivity index (χ2n) is 9.93. The number of hydrogen-bond acceptors (Lipinski definition) is 7. The fourth-order valence-electron chi connectivity index (χ4n) is 5.17. The summed E-state index contributed by atoms with van der Waals surface area (Å²) in [7, 11) is 1.76. The zero-order valence-corrected chi connectivity index (χ0v) is 19.1. The number of pyridine rings is 1. The van der Waals surface area contributed by atoms with E-state index in [9.17, 15) is 14.7 Å². The molecule has 0 unspecified atom stereocenters. The molecule has 1 spiro atoms. The molecular formula is C24H30N4O5. The number of carbonyl (C=O) groups excluding carboxylic acids is 1. The van der Waals surface area contributed by atoms with Gasteiger partial charge in [-0.1, -0.05) is 5.21 Å². The maximum atomic E-state index is 12.5. The van der Waals surface area contributed by atoms with Crippen LogP contribution in [0.2, 0.25) is 0 Å². The number of carboxylic acids is 1. The van der Waals surface area contributed by atoms with Gasteiger partial charge in [0.25, 0.3) is 0 Å². The molecule has 3 aliphatic rings. The van der Waals surface area contributed by atoms with Crippen LogP contribution in [-0.4, -0.2) is 49.2 Å². The van der Waals surface area contributed by atoms with Crippen molar-refractivity contribution >= 4 is 11.9 Å². The third kappa shape index (κ3) is 4.58. The molecule has 5 rings (SSSR count). The quantitative estimate of drug-likeness (QED) is 0.634. The first-order chi connectivity index (χ1) is 15.8. The number of aliphatic carboxylic acids is 1. The minimum absolute atomic E-state index is 0.0435. The van der Waals surface area contributed by atoms with Crippen molar-refractivity contribution in [2.45, 2.75) is 76.9 Å². The number of hydrogen-bond donors (Lipinski definition) is 1. The molecule has 9 nitrogen and oxygen atoms in total. The molecule has 9 heteroatoms. The van der Waals surface area contributed by atoms with E-state index < -0.39 is 5.97 Å². The van der Waals surface area contributed by atoms with Crippen LogP contribution in [0, 0.1) is 18.3 Å². The third-order valence-corrected chi connectivity index (χ3v) is 7.38. The summed E-state index contributed by atoms with van der Waals surface area (Å²) in [4.78, 5) is 28.5. The lowest BCUT2D eigenvalue weighted by Crippen LogP contribution is -2.35. The van der Waals surface area contributed by atoms with Crippen LogP contribution >= 0.6 is 0 Å². The van der Waals surface area contributed by atoms with E-state index in [2.05, 4.69) is 15.3 Å². The molecule has 2 aromatic heterocycles. The van der Waals surface area contributed by atoms with Crippen molar-refractivity contribution in [3.05, 3.63) is 23.5 Å². The van der Waals surface area contributed by atoms with Crippen LogP contribution in [-0.2, 0) is 27.8 Å². The second-order valence-corrected chi connectivity index (χ2v) is 9.93. The van der Waals surface area contributed by atoms with Gasteiger partial charge >= 0.3 is 11.9 Å². The monoisotopic (exact) mass is 454 g/mol. The average Bonchev–Trinajstić information content (AvgIpc) is 3.47. The van der Waals surface area contributed by atoms with Gasteiger partial charge in [-0.05, 0) is 75.8 Å². The molecule has 2 aromatic rings. The molecule has 2 atom stereocenters. The molecule has 0 bridgehead atoms. The minimum Gasteiger partial charge on any atom is -0.489 e. The summed E-state index contributed by atoms with van der Waals surface area (Å²) in [5.74, 6) is -0.734. The van der Waals surface area contributed by atoms with Crippen LogP contribution in [0.25, 0.3) is 11.4 Å². The van der Waals surface area contributed by atoms with E-state index in [1.54, 1.807) is 11.7 Å². The van der Waals surface area contributed by atoms with E-state index in [0.29, 0.717) is 46.8 Å². The Labute approximate surface area is 192 Å². The number of carbonyl (C=O) groups is 2. The Hall–Kier alpha value is -2.97. The van der Waals surface area contributed by atoms with Crippen molar-refractivity contribution in [2.75, 3.05) is 0 Å². The topological polar surface area (TPSA) is 116 Å². The van der Waals surface area contributed by atoms with Gasteiger partial charge in [0.2, 0.25) is 0 Å². The normalized spacial score (nSPS) is 23.7. The Morgan fingerprint density at radius 1 is 1.21 bits per heavy atom. The van der Waals surface area contributed by atoms with E-state index in [0.717, 1.165) is 25.7 Å². The van der Waals surface area contributed by atoms with E-state index in [1.807, 2.05) is 19.1 Å². The van der Waals surface area contributed by atoms with Crippen LogP contribution in [0.4, 0.5) is 0 Å². The predicted molar refractivity (Wildman–Crippen MR) is 117 cm³/mol. The largest absolute Gasteiger partial charge is 0.489 e. The molecule has 3 aliphatic carbocycles. The van der Waals surface area contributed by atoms with E-state index >= 15 is 0 Å². The number of ether oxygens (including phenoxy) is 2. The molecule has 33 heavy (non-hydrogen) atoms. The summed E-state index contributed by atoms with van der Waals surface area (Å²) in [6, 6.07) is 3.64. The Balaban J connectivity index is 1.25. The molecule has 3 saturated carbocycles. The first-order valence-corrected chi connectivity index (χ1v) is 11.8. The maximum absolute atomic E-state index is 12.5. The molecule has 176 valence electrons. The Morgan fingerprint density at radius 3 is 2.70 bits per heavy atom. The van der Waals surface area contributed by atoms with E-state index in [-0.39, 0.29) is 30.5 Å². The van der Waals surface area contributed by atoms with Crippen LogP contribution < -0.4 is 4.74 Å². The highest BCUT2D eigenvalue weighted by molar-refractivity contribution is 5.75. The lowest BCUT2D eigenvalue weighted by molar-refractivity contribution is -0.156. The van der Waals surface area contributed by atoms with Crippen LogP contribution in [0.3, 0.4) is 0 Å². The second kappa shape index (κ2) is 8.43. The average molecular weight is 455 g/mol. The van der Waals surface area contributed by atoms with Gasteiger partial charge in [0.1, 0.15) is 17.5 Å². The summed E-state index contributed by atoms with van der Waals surface area (Å²) >= 11 is 0. The van der Waals surface area contributed by atoms with Crippen molar-refractivity contribution in [3.63, 3.8) is 0 Å². The number of aromatic nitrogens is 4. The molecule has 0 radical (unpaired) electrons. The molecule has 2 heterocycles. The highest BCUT2D eigenvalue weighted by Crippen LogP contribution is 2.61. The van der Waals surface area contributed by atoms with Crippen molar-refractivity contribution in [2.24, 2.45) is 18.4 Å². The number of carboxylic acid groups (broad SMARTS) is 1. The molecule has 3 fully saturated rings. The first-order valence-electron chi connectivity index (χ1n) is 11.8. The molecular weight excluding hydrogens is 424 g/mol. The molecule has 0 amide bonds. The van der Waals surface area contributed by atoms with Gasteiger partial charge in [-0.3, -0.25) is 14.3 Å². The van der Waals surface area contributed by atoms with Gasteiger partial charge in [0.05, 0.1) is 35.5 Å². The fraction of sp³-hybridized carbons (Fsp3) is 0.625. The zero-order valence-electron chi connectivity index (χ0n) is 19.1. The number of rotatable bonds is 7. The van der Waals surface area contributed by atoms with Crippen molar-refractivity contribution in [1.82, 2.24) is 20.0 Å². The van der Waals surface area contributed by atoms with Crippen molar-refractivity contribution in [1.29, 1.82) is 0 Å². The van der Waals surface area contributed by atoms with E-state index in [1.165, 1.54) is 12.8 Å². The summed E-state index contributed by atoms with van der Waals surface area (Å²) in [5, 5.41) is 17.6. The predicted octanol–water partition coefficient (Wildman–Crippen LogP) is 3.24. The first kappa shape index (κ1) is 21.9. The third-order valence-electron chi connectivity index (χ3n) is 7.38. The van der Waals surface area contributed by atoms with Crippen molar-refractivity contribution < 1.29 is 24.2 Å². The minimum atomic E-state index is -0.758. The smallest absolute Gasteiger partial charge is 0.312 e. The number of nitrogens with zero attached hydrogens (tertiary/aromatic N) is 4. The standard InChI is InChI=1S/C24H30N4O5/c1-14-20(32-16-5-3-4-15(10-16)23(30)31)7-6-18(25-14)22-19(28(2)27-26-22)11-21(29)33-17-12-24(13-17)8-9-24/h6-7,15-17H,3-5,8-13H2,1-2H3,(H,30,31)/t15-,16-/m0/s1. The Morgan fingerprint density at radius 2 is 2.00 bits per heavy atom. The van der Waals surface area contributed by atoms with Gasteiger partial charge < -0.3 is 14.6 Å². The van der Waals surface area contributed by atoms with Gasteiger partial charge in [-0.15, -0.1) is 5.10 Å². The fourth-order valence-corrected chi connectivity index (χ4v) is 5.17. The number of esters is 1. The molecule has 1 N–H and O–H groups in total. The summed E-state index contributed by atoms with van der Waals surface area (Å²) in [5.41, 5.74) is 3.01. The van der Waals surface area contributed by atoms with Gasteiger partial charge in [-0.2, -0.15) is 0 Å². The van der Waals surface area contributed by atoms with Gasteiger partial charge in [0, 0.05) is 7.05 Å². The highest BCUT2D eigenvalue weighted by Gasteiger charge is 2.54. The lowest BCUT2D eigenvalue weighted by Gasteiger charge is -2.34. The summed E-state index contributed by atoms with van der Waals surface area (Å²) in [6.45, 7) is 1.85. The van der Waals surface area contributed by atoms with Gasteiger partial charge in [-0.25, -0.2) is 4.98 Å². The molecule has 0 aromatic carbocycles. The zero-order chi connectivity index (χ0) is 23.2. The number of aryl methyl sites for hydroxylation is 2. The van der Waals surface area contributed by atoms with Crippen molar-refractivity contribution in [3.8, 4) is 17.1 Å². The van der Waals surface area contributed by atoms with E-state index in [4.69, 9.17) is 9.47 Å². The summed E-state index contributed by atoms with van der Waals surface area (Å²) < 4.78 is 13.3. The highest BCUT2D eigenvalue weighted by atomic mass is 16.5. The maximum Gasteiger partial charge on any atom is 0.312 e. The Bertz CT molecular complexity index is 1070. The van der Waals surface area contributed by atoms with Crippen LogP contribution in [0.5, 0.6) is 5.75 Å².